The molecule has 1 amide bonds. The number of oxazole rings is 1. The molecule has 0 aliphatic carbocycles. The van der Waals surface area contributed by atoms with E-state index in [1.165, 1.54) is 34.7 Å². The minimum Gasteiger partial charge on any atom is -0.437 e. The van der Waals surface area contributed by atoms with Crippen LogP contribution in [0.15, 0.2) is 76.2 Å². The molecule has 0 spiro atoms. The fourth-order valence-corrected chi connectivity index (χ4v) is 5.10. The second kappa shape index (κ2) is 11.5. The number of benzene rings is 2. The lowest BCUT2D eigenvalue weighted by Crippen LogP contribution is -2.43. The van der Waals surface area contributed by atoms with Crippen molar-refractivity contribution in [3.8, 4) is 22.8 Å². The number of hydrogen-bond donors (Lipinski definition) is 1. The molecule has 5 rings (SSSR count). The maximum absolute atomic E-state index is 14.1. The SMILES string of the molecule is [C-]#[N+]c1ccc(-n2nccc2-c2c(C(=O)NC(C)(C)c3ncc(C[N+](C)(C)C)o3)c(=O)n(-c3cccc(C(F)(F)F)c3)n2C)cc1. The Labute approximate surface area is 262 Å². The Kier molecular flexibility index (Phi) is 8.00. The third-order valence-electron chi connectivity index (χ3n) is 7.16. The summed E-state index contributed by atoms with van der Waals surface area (Å²) < 4.78 is 51.3. The summed E-state index contributed by atoms with van der Waals surface area (Å²) in [5.41, 5.74) is -2.06. The number of rotatable bonds is 8. The lowest BCUT2D eigenvalue weighted by molar-refractivity contribution is -0.884. The van der Waals surface area contributed by atoms with Crippen LogP contribution in [0.2, 0.25) is 0 Å². The fraction of sp³-hybridized carbons (Fsp3) is 0.281. The summed E-state index contributed by atoms with van der Waals surface area (Å²) in [6, 6.07) is 12.4. The minimum atomic E-state index is -4.66. The van der Waals surface area contributed by atoms with Gasteiger partial charge in [-0.15, -0.1) is 0 Å². The van der Waals surface area contributed by atoms with E-state index in [2.05, 4.69) is 20.2 Å². The second-order valence-electron chi connectivity index (χ2n) is 12.3. The zero-order valence-corrected chi connectivity index (χ0v) is 26.0. The Bertz CT molecular complexity index is 2020. The van der Waals surface area contributed by atoms with Gasteiger partial charge in [0.2, 0.25) is 5.89 Å². The first-order valence-corrected chi connectivity index (χ1v) is 14.1. The largest absolute Gasteiger partial charge is 0.437 e. The van der Waals surface area contributed by atoms with Crippen LogP contribution in [-0.4, -0.2) is 55.7 Å². The summed E-state index contributed by atoms with van der Waals surface area (Å²) in [5, 5.41) is 7.22. The van der Waals surface area contributed by atoms with Crippen molar-refractivity contribution < 1.29 is 26.9 Å². The lowest BCUT2D eigenvalue weighted by atomic mass is 10.0. The summed E-state index contributed by atoms with van der Waals surface area (Å²) in [7, 11) is 7.45. The van der Waals surface area contributed by atoms with E-state index < -0.39 is 28.7 Å². The van der Waals surface area contributed by atoms with Crippen molar-refractivity contribution in [2.45, 2.75) is 32.1 Å². The molecule has 5 aromatic rings. The molecule has 0 aliphatic heterocycles. The highest BCUT2D eigenvalue weighted by Crippen LogP contribution is 2.32. The molecular formula is C32H32F3N8O3+. The molecule has 0 radical (unpaired) electrons. The van der Waals surface area contributed by atoms with Crippen molar-refractivity contribution in [1.82, 2.24) is 29.4 Å². The van der Waals surface area contributed by atoms with E-state index in [0.717, 1.165) is 16.8 Å². The van der Waals surface area contributed by atoms with Crippen molar-refractivity contribution in [2.24, 2.45) is 7.05 Å². The molecule has 0 fully saturated rings. The number of alkyl halides is 3. The number of amides is 1. The zero-order chi connectivity index (χ0) is 33.6. The molecule has 0 atom stereocenters. The van der Waals surface area contributed by atoms with Crippen molar-refractivity contribution in [1.29, 1.82) is 0 Å². The van der Waals surface area contributed by atoms with Crippen LogP contribution < -0.4 is 10.9 Å². The average molecular weight is 634 g/mol. The summed E-state index contributed by atoms with van der Waals surface area (Å²) in [5.74, 6) is 0.0176. The Balaban J connectivity index is 1.66. The lowest BCUT2D eigenvalue weighted by Gasteiger charge is -2.24. The highest BCUT2D eigenvalue weighted by molar-refractivity contribution is 6.00. The molecule has 0 saturated heterocycles. The van der Waals surface area contributed by atoms with Gasteiger partial charge in [0.25, 0.3) is 11.5 Å². The van der Waals surface area contributed by atoms with E-state index >= 15 is 0 Å². The number of nitrogens with one attached hydrogen (secondary N) is 1. The second-order valence-corrected chi connectivity index (χ2v) is 12.3. The van der Waals surface area contributed by atoms with Gasteiger partial charge in [0.1, 0.15) is 23.3 Å². The predicted molar refractivity (Wildman–Crippen MR) is 164 cm³/mol. The van der Waals surface area contributed by atoms with Crippen LogP contribution in [0.25, 0.3) is 27.6 Å². The quantitative estimate of drug-likeness (QED) is 0.181. The number of carbonyl (C=O) groups is 1. The van der Waals surface area contributed by atoms with Gasteiger partial charge in [-0.3, -0.25) is 14.3 Å². The minimum absolute atomic E-state index is 0.0907. The molecule has 3 aromatic heterocycles. The molecular weight excluding hydrogens is 601 g/mol. The Morgan fingerprint density at radius 1 is 1.07 bits per heavy atom. The number of halogens is 3. The summed E-state index contributed by atoms with van der Waals surface area (Å²) in [6.45, 7) is 11.1. The van der Waals surface area contributed by atoms with Crippen LogP contribution in [0.3, 0.4) is 0 Å². The Morgan fingerprint density at radius 2 is 1.76 bits per heavy atom. The van der Waals surface area contributed by atoms with Gasteiger partial charge in [0.05, 0.1) is 62.7 Å². The van der Waals surface area contributed by atoms with Gasteiger partial charge in [-0.2, -0.15) is 18.3 Å². The zero-order valence-electron chi connectivity index (χ0n) is 26.0. The van der Waals surface area contributed by atoms with E-state index in [1.807, 2.05) is 21.1 Å². The first kappa shape index (κ1) is 32.0. The highest BCUT2D eigenvalue weighted by atomic mass is 19.4. The molecule has 3 heterocycles. The summed E-state index contributed by atoms with van der Waals surface area (Å²) in [6.07, 6.45) is -1.61. The number of hydrogen-bond acceptors (Lipinski definition) is 5. The van der Waals surface area contributed by atoms with Gasteiger partial charge < -0.3 is 14.2 Å². The molecule has 0 bridgehead atoms. The third kappa shape index (κ3) is 6.22. The van der Waals surface area contributed by atoms with Crippen molar-refractivity contribution in [3.05, 3.63) is 112 Å². The molecule has 46 heavy (non-hydrogen) atoms. The molecule has 0 unspecified atom stereocenters. The number of aromatic nitrogens is 5. The van der Waals surface area contributed by atoms with E-state index in [9.17, 15) is 22.8 Å². The highest BCUT2D eigenvalue weighted by Gasteiger charge is 2.35. The fourth-order valence-electron chi connectivity index (χ4n) is 5.10. The Hall–Kier alpha value is -5.42. The summed E-state index contributed by atoms with van der Waals surface area (Å²) in [4.78, 5) is 36.0. The normalized spacial score (nSPS) is 12.3. The van der Waals surface area contributed by atoms with E-state index in [0.29, 0.717) is 33.9 Å². The van der Waals surface area contributed by atoms with Crippen LogP contribution in [0.1, 0.15) is 41.4 Å². The molecule has 2 aromatic carbocycles. The number of quaternary nitrogens is 1. The summed E-state index contributed by atoms with van der Waals surface area (Å²) >= 11 is 0. The van der Waals surface area contributed by atoms with Crippen molar-refractivity contribution in [2.75, 3.05) is 21.1 Å². The Morgan fingerprint density at radius 3 is 2.39 bits per heavy atom. The van der Waals surface area contributed by atoms with Gasteiger partial charge in [-0.25, -0.2) is 19.2 Å². The van der Waals surface area contributed by atoms with Crippen LogP contribution in [-0.2, 0) is 25.3 Å². The van der Waals surface area contributed by atoms with Gasteiger partial charge >= 0.3 is 6.18 Å². The average Bonchev–Trinajstić information content (AvgIpc) is 3.70. The molecule has 238 valence electrons. The first-order chi connectivity index (χ1) is 21.5. The van der Waals surface area contributed by atoms with E-state index in [1.54, 1.807) is 50.4 Å². The molecule has 14 heteroatoms. The molecule has 0 saturated carbocycles. The smallest absolute Gasteiger partial charge is 0.416 e. The maximum atomic E-state index is 14.1. The van der Waals surface area contributed by atoms with Gasteiger partial charge in [-0.05, 0) is 50.2 Å². The van der Waals surface area contributed by atoms with Crippen molar-refractivity contribution in [3.63, 3.8) is 0 Å². The number of carbonyl (C=O) groups excluding carboxylic acids is 1. The third-order valence-corrected chi connectivity index (χ3v) is 7.16. The van der Waals surface area contributed by atoms with E-state index in [4.69, 9.17) is 11.0 Å². The topological polar surface area (TPSA) is 104 Å². The molecule has 11 nitrogen and oxygen atoms in total. The first-order valence-electron chi connectivity index (χ1n) is 14.1. The predicted octanol–water partition coefficient (Wildman–Crippen LogP) is 5.46. The van der Waals surface area contributed by atoms with Crippen LogP contribution in [0, 0.1) is 6.57 Å². The van der Waals surface area contributed by atoms with Gasteiger partial charge in [0, 0.05) is 7.05 Å². The van der Waals surface area contributed by atoms with Crippen LogP contribution >= 0.6 is 0 Å². The standard InChI is InChI=1S/C32H31F3N8O3/c1-31(2,30-37-18-24(46-30)19-43(5,6)7)39-28(44)26-27(25-15-16-38-41(25)22-13-11-21(36-3)12-14-22)40(4)42(29(26)45)23-10-8-9-20(17-23)32(33,34)35/h8-18H,19H2,1-2,4-7H3/p+1. The van der Waals surface area contributed by atoms with Crippen LogP contribution in [0.5, 0.6) is 0 Å². The molecule has 1 N–H and O–H groups in total. The maximum Gasteiger partial charge on any atom is 0.416 e. The van der Waals surface area contributed by atoms with Crippen molar-refractivity contribution >= 4 is 11.6 Å². The number of nitrogens with zero attached hydrogens (tertiary/aromatic N) is 7. The van der Waals surface area contributed by atoms with Crippen LogP contribution in [0.4, 0.5) is 18.9 Å². The monoisotopic (exact) mass is 633 g/mol. The van der Waals surface area contributed by atoms with Gasteiger partial charge in [0.15, 0.2) is 11.4 Å². The van der Waals surface area contributed by atoms with E-state index in [-0.39, 0.29) is 22.8 Å². The molecule has 0 aliphatic rings. The van der Waals surface area contributed by atoms with Gasteiger partial charge in [-0.1, -0.05) is 18.2 Å².